The molecule has 0 aliphatic carbocycles. The van der Waals surface area contributed by atoms with Gasteiger partial charge in [-0.25, -0.2) is 0 Å². The van der Waals surface area contributed by atoms with E-state index in [0.29, 0.717) is 21.4 Å². The molecule has 0 fully saturated rings. The van der Waals surface area contributed by atoms with Crippen molar-refractivity contribution in [2.75, 3.05) is 6.61 Å². The Morgan fingerprint density at radius 1 is 0.920 bits per heavy atom. The fraction of sp³-hybridized carbons (Fsp3) is 0.222. The third kappa shape index (κ3) is 6.29. The van der Waals surface area contributed by atoms with Crippen LogP contribution in [0.3, 0.4) is 0 Å². The van der Waals surface area contributed by atoms with E-state index in [9.17, 15) is 9.59 Å². The fourth-order valence-corrected chi connectivity index (χ4v) is 2.54. The minimum atomic E-state index is -0.457. The highest BCUT2D eigenvalue weighted by Crippen LogP contribution is 2.22. The first-order valence-electron chi connectivity index (χ1n) is 7.56. The first-order chi connectivity index (χ1) is 11.8. The van der Waals surface area contributed by atoms with Crippen LogP contribution in [0.25, 0.3) is 0 Å². The number of rotatable bonds is 5. The zero-order valence-electron chi connectivity index (χ0n) is 13.9. The molecule has 132 valence electrons. The number of nitrogens with one attached hydrogen (secondary N) is 2. The van der Waals surface area contributed by atoms with Gasteiger partial charge in [0.05, 0.1) is 16.5 Å². The second-order valence-corrected chi connectivity index (χ2v) is 6.45. The Hall–Kier alpha value is -2.24. The zero-order chi connectivity index (χ0) is 18.4. The van der Waals surface area contributed by atoms with Crippen molar-refractivity contribution in [1.29, 1.82) is 0 Å². The molecular weight excluding hydrogens is 363 g/mol. The van der Waals surface area contributed by atoms with Crippen LogP contribution in [0.1, 0.15) is 16.7 Å². The summed E-state index contributed by atoms with van der Waals surface area (Å²) in [6.07, 6.45) is 0.0646. The minimum absolute atomic E-state index is 0.0646. The predicted molar refractivity (Wildman–Crippen MR) is 97.9 cm³/mol. The molecule has 7 heteroatoms. The molecule has 0 radical (unpaired) electrons. The molecule has 0 bridgehead atoms. The number of carbonyl (C=O) groups is 2. The van der Waals surface area contributed by atoms with Gasteiger partial charge in [-0.05, 0) is 54.8 Å². The van der Waals surface area contributed by atoms with E-state index in [2.05, 4.69) is 10.9 Å². The second kappa shape index (κ2) is 8.74. The molecule has 2 N–H and O–H groups in total. The molecule has 2 aromatic carbocycles. The Kier molecular flexibility index (Phi) is 6.67. The van der Waals surface area contributed by atoms with E-state index in [1.165, 1.54) is 0 Å². The number of ether oxygens (including phenoxy) is 1. The number of aryl methyl sites for hydroxylation is 2. The largest absolute Gasteiger partial charge is 0.484 e. The Bertz CT molecular complexity index is 774. The van der Waals surface area contributed by atoms with Crippen molar-refractivity contribution in [3.8, 4) is 5.75 Å². The van der Waals surface area contributed by atoms with Gasteiger partial charge in [-0.15, -0.1) is 0 Å². The molecule has 0 saturated heterocycles. The maximum Gasteiger partial charge on any atom is 0.276 e. The van der Waals surface area contributed by atoms with Gasteiger partial charge in [-0.3, -0.25) is 20.4 Å². The van der Waals surface area contributed by atoms with Gasteiger partial charge in [0.25, 0.3) is 5.91 Å². The van der Waals surface area contributed by atoms with E-state index in [4.69, 9.17) is 27.9 Å². The fourth-order valence-electron chi connectivity index (χ4n) is 2.22. The van der Waals surface area contributed by atoms with Crippen LogP contribution in [0.5, 0.6) is 5.75 Å². The first-order valence-corrected chi connectivity index (χ1v) is 8.32. The number of benzene rings is 2. The van der Waals surface area contributed by atoms with E-state index in [1.807, 2.05) is 32.0 Å². The third-order valence-electron chi connectivity index (χ3n) is 3.26. The van der Waals surface area contributed by atoms with Crippen molar-refractivity contribution < 1.29 is 14.3 Å². The van der Waals surface area contributed by atoms with Gasteiger partial charge in [-0.2, -0.15) is 0 Å². The van der Waals surface area contributed by atoms with Crippen molar-refractivity contribution in [3.05, 3.63) is 63.1 Å². The average Bonchev–Trinajstić information content (AvgIpc) is 2.53. The molecule has 2 rings (SSSR count). The van der Waals surface area contributed by atoms with E-state index in [-0.39, 0.29) is 18.9 Å². The lowest BCUT2D eigenvalue weighted by Crippen LogP contribution is -2.44. The second-order valence-electron chi connectivity index (χ2n) is 5.63. The lowest BCUT2D eigenvalue weighted by atomic mass is 10.1. The summed E-state index contributed by atoms with van der Waals surface area (Å²) in [6.45, 7) is 3.70. The summed E-state index contributed by atoms with van der Waals surface area (Å²) in [5.41, 5.74) is 7.42. The maximum absolute atomic E-state index is 11.8. The Morgan fingerprint density at radius 2 is 1.56 bits per heavy atom. The summed E-state index contributed by atoms with van der Waals surface area (Å²) in [5.74, 6) is -0.227. The van der Waals surface area contributed by atoms with Gasteiger partial charge in [0.1, 0.15) is 5.75 Å². The van der Waals surface area contributed by atoms with Crippen LogP contribution in [-0.4, -0.2) is 18.4 Å². The quantitative estimate of drug-likeness (QED) is 0.781. The van der Waals surface area contributed by atoms with Crippen LogP contribution in [-0.2, 0) is 16.0 Å². The zero-order valence-corrected chi connectivity index (χ0v) is 15.4. The van der Waals surface area contributed by atoms with Gasteiger partial charge < -0.3 is 4.74 Å². The summed E-state index contributed by atoms with van der Waals surface area (Å²) in [6, 6.07) is 10.6. The summed E-state index contributed by atoms with van der Waals surface area (Å²) in [7, 11) is 0. The van der Waals surface area contributed by atoms with Crippen molar-refractivity contribution >= 4 is 35.0 Å². The van der Waals surface area contributed by atoms with E-state index < -0.39 is 5.91 Å². The number of hydrogen-bond donors (Lipinski definition) is 2. The molecular formula is C18H18Cl2N2O3. The van der Waals surface area contributed by atoms with Gasteiger partial charge in [0.15, 0.2) is 6.61 Å². The van der Waals surface area contributed by atoms with Gasteiger partial charge in [0, 0.05) is 0 Å². The average molecular weight is 381 g/mol. The molecule has 2 aromatic rings. The lowest BCUT2D eigenvalue weighted by molar-refractivity contribution is -0.129. The van der Waals surface area contributed by atoms with Crippen molar-refractivity contribution in [1.82, 2.24) is 10.9 Å². The van der Waals surface area contributed by atoms with Crippen LogP contribution in [0.15, 0.2) is 36.4 Å². The molecule has 0 atom stereocenters. The topological polar surface area (TPSA) is 67.4 Å². The minimum Gasteiger partial charge on any atom is -0.484 e. The Labute approximate surface area is 156 Å². The Morgan fingerprint density at radius 3 is 2.20 bits per heavy atom. The van der Waals surface area contributed by atoms with Gasteiger partial charge in [-0.1, -0.05) is 35.3 Å². The van der Waals surface area contributed by atoms with Gasteiger partial charge in [0.2, 0.25) is 5.91 Å². The molecule has 25 heavy (non-hydrogen) atoms. The van der Waals surface area contributed by atoms with E-state index >= 15 is 0 Å². The number of halogens is 2. The molecule has 0 aliphatic rings. The first kappa shape index (κ1) is 19.1. The van der Waals surface area contributed by atoms with Crippen LogP contribution in [0, 0.1) is 13.8 Å². The molecule has 0 aliphatic heterocycles. The molecule has 5 nitrogen and oxygen atoms in total. The van der Waals surface area contributed by atoms with Crippen molar-refractivity contribution in [2.24, 2.45) is 0 Å². The number of amides is 2. The number of hydrogen-bond acceptors (Lipinski definition) is 3. The molecule has 0 saturated carbocycles. The van der Waals surface area contributed by atoms with E-state index in [1.54, 1.807) is 18.2 Å². The highest BCUT2D eigenvalue weighted by Gasteiger charge is 2.08. The summed E-state index contributed by atoms with van der Waals surface area (Å²) >= 11 is 11.7. The lowest BCUT2D eigenvalue weighted by Gasteiger charge is -2.10. The van der Waals surface area contributed by atoms with Crippen molar-refractivity contribution in [2.45, 2.75) is 20.3 Å². The smallest absolute Gasteiger partial charge is 0.276 e. The molecule has 0 spiro atoms. The Balaban J connectivity index is 1.77. The molecule has 2 amide bonds. The summed E-state index contributed by atoms with van der Waals surface area (Å²) < 4.78 is 5.41. The van der Waals surface area contributed by atoms with Crippen LogP contribution < -0.4 is 15.6 Å². The summed E-state index contributed by atoms with van der Waals surface area (Å²) in [4.78, 5) is 23.6. The number of carbonyl (C=O) groups excluding carboxylic acids is 2. The molecule has 0 unspecified atom stereocenters. The monoisotopic (exact) mass is 380 g/mol. The van der Waals surface area contributed by atoms with Crippen molar-refractivity contribution in [3.63, 3.8) is 0 Å². The van der Waals surface area contributed by atoms with Crippen LogP contribution in [0.4, 0.5) is 0 Å². The maximum atomic E-state index is 11.8. The third-order valence-corrected chi connectivity index (χ3v) is 3.99. The highest BCUT2D eigenvalue weighted by molar-refractivity contribution is 6.42. The standard InChI is InChI=1S/C18H18Cl2N2O3/c1-11-5-12(2)7-14(6-11)25-10-18(24)22-21-17(23)9-13-3-4-15(19)16(20)8-13/h3-8H,9-10H2,1-2H3,(H,21,23)(H,22,24). The van der Waals surface area contributed by atoms with Crippen LogP contribution in [0.2, 0.25) is 10.0 Å². The SMILES string of the molecule is Cc1cc(C)cc(OCC(=O)NNC(=O)Cc2ccc(Cl)c(Cl)c2)c1. The summed E-state index contributed by atoms with van der Waals surface area (Å²) in [5, 5.41) is 0.792. The molecule has 0 heterocycles. The van der Waals surface area contributed by atoms with E-state index in [0.717, 1.165) is 11.1 Å². The number of hydrazine groups is 1. The highest BCUT2D eigenvalue weighted by atomic mass is 35.5. The van der Waals surface area contributed by atoms with Gasteiger partial charge >= 0.3 is 0 Å². The molecule has 0 aromatic heterocycles. The normalized spacial score (nSPS) is 10.2. The van der Waals surface area contributed by atoms with Crippen LogP contribution >= 0.6 is 23.2 Å². The predicted octanol–water partition coefficient (Wildman–Crippen LogP) is 3.38.